The van der Waals surface area contributed by atoms with Crippen LogP contribution in [0.5, 0.6) is 0 Å². The number of carbonyl (C=O) groups is 1. The third-order valence-corrected chi connectivity index (χ3v) is 7.97. The highest BCUT2D eigenvalue weighted by Crippen LogP contribution is 2.62. The lowest BCUT2D eigenvalue weighted by Gasteiger charge is -2.57. The van der Waals surface area contributed by atoms with Gasteiger partial charge < -0.3 is 15.0 Å². The van der Waals surface area contributed by atoms with E-state index in [0.717, 1.165) is 54.6 Å². The number of methoxy groups -OCH3 is 1. The summed E-state index contributed by atoms with van der Waals surface area (Å²) in [6, 6.07) is 11.8. The third-order valence-electron chi connectivity index (χ3n) is 7.97. The molecule has 1 spiro atoms. The largest absolute Gasteiger partial charge is 0.383 e. The van der Waals surface area contributed by atoms with Crippen LogP contribution < -0.4 is 15.8 Å². The predicted octanol–water partition coefficient (Wildman–Crippen LogP) is 3.11. The van der Waals surface area contributed by atoms with Crippen LogP contribution in [0.15, 0.2) is 53.6 Å². The summed E-state index contributed by atoms with van der Waals surface area (Å²) in [5, 5.41) is 11.9. The number of hydrogen-bond donors (Lipinski definition) is 2. The summed E-state index contributed by atoms with van der Waals surface area (Å²) in [4.78, 5) is 31.7. The van der Waals surface area contributed by atoms with Crippen molar-refractivity contribution in [1.29, 1.82) is 0 Å². The van der Waals surface area contributed by atoms with Crippen molar-refractivity contribution in [2.75, 3.05) is 32.2 Å². The molecule has 0 aliphatic heterocycles. The number of imidazole rings is 1. The van der Waals surface area contributed by atoms with Gasteiger partial charge in [-0.05, 0) is 43.2 Å². The van der Waals surface area contributed by atoms with Crippen LogP contribution in [-0.4, -0.2) is 58.8 Å². The molecule has 2 aliphatic rings. The molecule has 0 saturated heterocycles. The number of nitrogens with zero attached hydrogens (tertiary/aromatic N) is 4. The van der Waals surface area contributed by atoms with Gasteiger partial charge in [-0.15, -0.1) is 0 Å². The molecule has 0 atom stereocenters. The van der Waals surface area contributed by atoms with Gasteiger partial charge in [0.1, 0.15) is 11.3 Å². The van der Waals surface area contributed by atoms with Crippen LogP contribution in [0.2, 0.25) is 0 Å². The Labute approximate surface area is 208 Å². The van der Waals surface area contributed by atoms with E-state index in [2.05, 4.69) is 25.4 Å². The van der Waals surface area contributed by atoms with E-state index in [1.807, 2.05) is 54.0 Å². The Balaban J connectivity index is 1.07. The number of aromatic nitrogens is 4. The fraction of sp³-hybridized carbons (Fsp3) is 0.407. The first-order chi connectivity index (χ1) is 17.5. The summed E-state index contributed by atoms with van der Waals surface area (Å²) < 4.78 is 6.99. The molecule has 9 nitrogen and oxygen atoms in total. The maximum absolute atomic E-state index is 13.0. The van der Waals surface area contributed by atoms with Gasteiger partial charge in [-0.25, -0.2) is 10.1 Å². The molecule has 0 unspecified atom stereocenters. The van der Waals surface area contributed by atoms with Gasteiger partial charge in [-0.1, -0.05) is 18.2 Å². The van der Waals surface area contributed by atoms with Crippen LogP contribution in [0.4, 0.5) is 5.69 Å². The van der Waals surface area contributed by atoms with E-state index in [-0.39, 0.29) is 22.9 Å². The average molecular weight is 487 g/mol. The van der Waals surface area contributed by atoms with Gasteiger partial charge in [0.15, 0.2) is 0 Å². The number of H-pyrrole nitrogens is 1. The fourth-order valence-corrected chi connectivity index (χ4v) is 6.04. The number of nitrogens with one attached hydrogen (secondary N) is 2. The number of aromatic amines is 1. The highest BCUT2D eigenvalue weighted by Gasteiger charge is 2.54. The Hall–Kier alpha value is -3.72. The summed E-state index contributed by atoms with van der Waals surface area (Å²) in [7, 11) is 3.70. The minimum Gasteiger partial charge on any atom is -0.383 e. The van der Waals surface area contributed by atoms with Crippen LogP contribution in [-0.2, 0) is 4.74 Å². The Morgan fingerprint density at radius 2 is 2.00 bits per heavy atom. The molecule has 2 saturated carbocycles. The molecule has 0 radical (unpaired) electrons. The Bertz CT molecular complexity index is 1490. The number of carbonyl (C=O) groups excluding carboxylic acids is 1. The van der Waals surface area contributed by atoms with Crippen molar-refractivity contribution in [3.8, 4) is 0 Å². The zero-order chi connectivity index (χ0) is 24.9. The second-order valence-corrected chi connectivity index (χ2v) is 10.3. The molecule has 186 valence electrons. The standard InChI is InChI=1S/C27H30N6O3/c1-32(9-10-36-2)19-7-8-33-22(16-28-23(33)11-19)26(35)29-18-14-27(15-18)12-17(13-27)24-20-5-3-4-6-21(20)25(34)31-30-24/h3-8,11,16-18H,9-10,12-15H2,1-2H3,(H,29,35)(H,31,34)/t17-,18-,27?. The Morgan fingerprint density at radius 1 is 1.22 bits per heavy atom. The van der Waals surface area contributed by atoms with Crippen molar-refractivity contribution in [3.63, 3.8) is 0 Å². The molecule has 9 heteroatoms. The molecule has 2 N–H and O–H groups in total. The summed E-state index contributed by atoms with van der Waals surface area (Å²) >= 11 is 0. The maximum Gasteiger partial charge on any atom is 0.272 e. The predicted molar refractivity (Wildman–Crippen MR) is 138 cm³/mol. The van der Waals surface area contributed by atoms with E-state index < -0.39 is 0 Å². The number of hydrogen-bond acceptors (Lipinski definition) is 6. The Morgan fingerprint density at radius 3 is 2.78 bits per heavy atom. The second kappa shape index (κ2) is 8.74. The highest BCUT2D eigenvalue weighted by atomic mass is 16.5. The van der Waals surface area contributed by atoms with E-state index in [4.69, 9.17) is 4.74 Å². The number of pyridine rings is 1. The molecule has 3 heterocycles. The lowest BCUT2D eigenvalue weighted by molar-refractivity contribution is -0.0197. The molecule has 36 heavy (non-hydrogen) atoms. The van der Waals surface area contributed by atoms with Crippen molar-refractivity contribution in [2.24, 2.45) is 5.41 Å². The maximum atomic E-state index is 13.0. The summed E-state index contributed by atoms with van der Waals surface area (Å²) in [6.45, 7) is 1.42. The van der Waals surface area contributed by atoms with Crippen molar-refractivity contribution in [2.45, 2.75) is 37.6 Å². The number of fused-ring (bicyclic) bond motifs is 2. The molecule has 0 bridgehead atoms. The average Bonchev–Trinajstić information content (AvgIpc) is 3.27. The number of rotatable bonds is 7. The van der Waals surface area contributed by atoms with E-state index in [1.54, 1.807) is 13.3 Å². The molecule has 2 aliphatic carbocycles. The zero-order valence-electron chi connectivity index (χ0n) is 20.5. The molecular weight excluding hydrogens is 456 g/mol. The van der Waals surface area contributed by atoms with Crippen LogP contribution >= 0.6 is 0 Å². The first kappa shape index (κ1) is 22.7. The number of benzene rings is 1. The van der Waals surface area contributed by atoms with Gasteiger partial charge in [0.05, 0.1) is 23.9 Å². The monoisotopic (exact) mass is 486 g/mol. The number of likely N-dealkylation sites (N-methyl/N-ethyl adjacent to an activating group) is 1. The summed E-state index contributed by atoms with van der Waals surface area (Å²) in [6.07, 6.45) is 7.57. The van der Waals surface area contributed by atoms with Gasteiger partial charge >= 0.3 is 0 Å². The topological polar surface area (TPSA) is 105 Å². The van der Waals surface area contributed by atoms with Crippen molar-refractivity contribution in [1.82, 2.24) is 24.9 Å². The molecule has 1 aromatic carbocycles. The Kier molecular flexibility index (Phi) is 5.52. The molecule has 6 rings (SSSR count). The highest BCUT2D eigenvalue weighted by molar-refractivity contribution is 5.93. The van der Waals surface area contributed by atoms with E-state index in [1.165, 1.54) is 0 Å². The van der Waals surface area contributed by atoms with Gasteiger partial charge in [0.25, 0.3) is 11.5 Å². The van der Waals surface area contributed by atoms with Crippen molar-refractivity contribution in [3.05, 3.63) is 70.5 Å². The van der Waals surface area contributed by atoms with Crippen LogP contribution in [0.25, 0.3) is 16.4 Å². The quantitative estimate of drug-likeness (QED) is 0.416. The SMILES string of the molecule is COCCN(C)c1ccn2c(C(=O)N[C@H]3CC4(C3)C[C@H](c3n[nH]c(=O)c5ccccc53)C4)cnc2c1. The fourth-order valence-electron chi connectivity index (χ4n) is 6.04. The van der Waals surface area contributed by atoms with Gasteiger partial charge in [-0.2, -0.15) is 5.10 Å². The molecule has 4 aromatic rings. The second-order valence-electron chi connectivity index (χ2n) is 10.3. The van der Waals surface area contributed by atoms with E-state index in [0.29, 0.717) is 23.6 Å². The lowest BCUT2D eigenvalue weighted by Crippen LogP contribution is -2.55. The normalized spacial score (nSPS) is 22.9. The minimum absolute atomic E-state index is 0.0907. The van der Waals surface area contributed by atoms with Crippen LogP contribution in [0, 0.1) is 5.41 Å². The summed E-state index contributed by atoms with van der Waals surface area (Å²) in [5.74, 6) is 0.255. The minimum atomic E-state index is -0.142. The molecular formula is C27H30N6O3. The first-order valence-electron chi connectivity index (χ1n) is 12.4. The van der Waals surface area contributed by atoms with Crippen LogP contribution in [0.1, 0.15) is 47.8 Å². The van der Waals surface area contributed by atoms with Gasteiger partial charge in [-0.3, -0.25) is 14.0 Å². The van der Waals surface area contributed by atoms with Crippen LogP contribution in [0.3, 0.4) is 0 Å². The summed E-state index contributed by atoms with van der Waals surface area (Å²) in [5.41, 5.74) is 3.44. The molecule has 3 aromatic heterocycles. The third kappa shape index (κ3) is 3.83. The molecule has 2 fully saturated rings. The lowest BCUT2D eigenvalue weighted by atomic mass is 9.49. The molecule has 1 amide bonds. The van der Waals surface area contributed by atoms with Gasteiger partial charge in [0.2, 0.25) is 0 Å². The number of amides is 1. The number of ether oxygens (including phenoxy) is 1. The van der Waals surface area contributed by atoms with Gasteiger partial charge in [0, 0.05) is 56.0 Å². The van der Waals surface area contributed by atoms with E-state index >= 15 is 0 Å². The van der Waals surface area contributed by atoms with Crippen molar-refractivity contribution >= 4 is 28.0 Å². The number of anilines is 1. The van der Waals surface area contributed by atoms with Crippen molar-refractivity contribution < 1.29 is 9.53 Å². The van der Waals surface area contributed by atoms with E-state index in [9.17, 15) is 9.59 Å². The zero-order valence-corrected chi connectivity index (χ0v) is 20.5. The first-order valence-corrected chi connectivity index (χ1v) is 12.4. The smallest absolute Gasteiger partial charge is 0.272 e.